The molecule has 45 heavy (non-hydrogen) atoms. The summed E-state index contributed by atoms with van der Waals surface area (Å²) in [5.41, 5.74) is 13.2. The van der Waals surface area contributed by atoms with Crippen molar-refractivity contribution < 1.29 is 9.05 Å². The summed E-state index contributed by atoms with van der Waals surface area (Å²) >= 11 is 5.37. The van der Waals surface area contributed by atoms with Gasteiger partial charge in [0.1, 0.15) is 11.0 Å². The normalized spacial score (nSPS) is 16.1. The molecule has 13 heteroatoms. The zero-order valence-electron chi connectivity index (χ0n) is 24.8. The first-order valence-corrected chi connectivity index (χ1v) is 14.9. The molecule has 0 saturated carbocycles. The summed E-state index contributed by atoms with van der Waals surface area (Å²) in [5, 5.41) is 11.8. The fraction of sp³-hybridized carbons (Fsp3) is 0.250. The third-order valence-corrected chi connectivity index (χ3v) is 7.67. The molecule has 4 aromatic heterocycles. The summed E-state index contributed by atoms with van der Waals surface area (Å²) in [4.78, 5) is 24.2. The number of rotatable bonds is 4. The van der Waals surface area contributed by atoms with E-state index in [-0.39, 0.29) is 12.1 Å². The molecule has 0 aliphatic heterocycles. The predicted octanol–water partition coefficient (Wildman–Crippen LogP) is 6.06. The fourth-order valence-corrected chi connectivity index (χ4v) is 5.47. The molecule has 8 rings (SSSR count). The lowest BCUT2D eigenvalue weighted by Gasteiger charge is -2.14. The summed E-state index contributed by atoms with van der Waals surface area (Å²) < 4.78 is 10.0. The van der Waals surface area contributed by atoms with Gasteiger partial charge in [-0.15, -0.1) is 0 Å². The van der Waals surface area contributed by atoms with Gasteiger partial charge in [0, 0.05) is 55.8 Å². The number of hydrogen-bond donors (Lipinski definition) is 2. The standard InChI is InChI=1S/C16H15N5O.C12H13N3O.C4H3ClN2/c1-10-19-16(21-22-10)12-2-4-13-11(8-12)3-5-14(13)20-15-9-17-6-7-18-15;1-7-14-12(15-16-7)9-2-4-10-8(6-9)3-5-11(10)13;5-4-3-6-1-2-7-4/h2,4,6-9,14H,3,5H2,1H3,(H,18,20);2,4,6,11H,3,5,13H2,1H3;1-3H. The Balaban J connectivity index is 0.000000135. The predicted molar refractivity (Wildman–Crippen MR) is 168 cm³/mol. The second-order valence-corrected chi connectivity index (χ2v) is 11.0. The van der Waals surface area contributed by atoms with Crippen LogP contribution in [0.15, 0.2) is 82.6 Å². The van der Waals surface area contributed by atoms with E-state index in [0.717, 1.165) is 42.6 Å². The highest BCUT2D eigenvalue weighted by Gasteiger charge is 2.24. The molecular weight excluding hydrogens is 592 g/mol. The molecular formula is C32H31ClN10O2. The Labute approximate surface area is 264 Å². The molecule has 4 heterocycles. The van der Waals surface area contributed by atoms with Gasteiger partial charge in [-0.25, -0.2) is 9.97 Å². The van der Waals surface area contributed by atoms with Gasteiger partial charge in [0.05, 0.1) is 18.4 Å². The van der Waals surface area contributed by atoms with Gasteiger partial charge >= 0.3 is 0 Å². The minimum Gasteiger partial charge on any atom is -0.362 e. The van der Waals surface area contributed by atoms with E-state index in [1.165, 1.54) is 28.5 Å². The van der Waals surface area contributed by atoms with E-state index in [9.17, 15) is 0 Å². The Kier molecular flexibility index (Phi) is 9.13. The lowest BCUT2D eigenvalue weighted by molar-refractivity contribution is 0.394. The van der Waals surface area contributed by atoms with Crippen LogP contribution in [0.2, 0.25) is 5.15 Å². The molecule has 6 aromatic rings. The van der Waals surface area contributed by atoms with Crippen LogP contribution in [0.5, 0.6) is 0 Å². The van der Waals surface area contributed by atoms with Crippen LogP contribution in [0.25, 0.3) is 22.8 Å². The van der Waals surface area contributed by atoms with Crippen LogP contribution in [-0.2, 0) is 12.8 Å². The number of anilines is 1. The number of nitrogens with two attached hydrogens (primary N) is 1. The molecule has 0 bridgehead atoms. The van der Waals surface area contributed by atoms with Gasteiger partial charge in [0.25, 0.3) is 0 Å². The van der Waals surface area contributed by atoms with Gasteiger partial charge in [0.2, 0.25) is 23.4 Å². The molecule has 0 spiro atoms. The van der Waals surface area contributed by atoms with Crippen LogP contribution in [0.4, 0.5) is 5.82 Å². The highest BCUT2D eigenvalue weighted by molar-refractivity contribution is 6.29. The Hall–Kier alpha value is -5.07. The van der Waals surface area contributed by atoms with E-state index in [0.29, 0.717) is 28.6 Å². The third-order valence-electron chi connectivity index (χ3n) is 7.48. The molecule has 0 saturated heterocycles. The number of halogens is 1. The number of nitrogens with zero attached hydrogens (tertiary/aromatic N) is 8. The number of hydrogen-bond acceptors (Lipinski definition) is 12. The maximum atomic E-state index is 5.99. The van der Waals surface area contributed by atoms with Crippen molar-refractivity contribution in [2.75, 3.05) is 5.32 Å². The highest BCUT2D eigenvalue weighted by atomic mass is 35.5. The molecule has 12 nitrogen and oxygen atoms in total. The minimum atomic E-state index is 0.191. The molecule has 0 fully saturated rings. The second kappa shape index (κ2) is 13.7. The van der Waals surface area contributed by atoms with Crippen LogP contribution in [-0.4, -0.2) is 40.2 Å². The van der Waals surface area contributed by atoms with Gasteiger partial charge in [-0.05, 0) is 60.1 Å². The largest absolute Gasteiger partial charge is 0.362 e. The van der Waals surface area contributed by atoms with Crippen LogP contribution in [0.3, 0.4) is 0 Å². The van der Waals surface area contributed by atoms with E-state index in [1.807, 2.05) is 12.1 Å². The van der Waals surface area contributed by atoms with Gasteiger partial charge in [-0.2, -0.15) is 9.97 Å². The van der Waals surface area contributed by atoms with Crippen molar-refractivity contribution in [3.63, 3.8) is 0 Å². The lowest BCUT2D eigenvalue weighted by atomic mass is 10.0. The van der Waals surface area contributed by atoms with Crippen molar-refractivity contribution in [3.8, 4) is 22.8 Å². The molecule has 3 N–H and O–H groups in total. The van der Waals surface area contributed by atoms with E-state index in [2.05, 4.69) is 69.8 Å². The zero-order valence-corrected chi connectivity index (χ0v) is 25.5. The minimum absolute atomic E-state index is 0.191. The molecule has 2 aliphatic rings. The van der Waals surface area contributed by atoms with Crippen LogP contribution in [0, 0.1) is 13.8 Å². The second-order valence-electron chi connectivity index (χ2n) is 10.6. The van der Waals surface area contributed by atoms with Crippen molar-refractivity contribution in [3.05, 3.63) is 113 Å². The molecule has 2 aromatic carbocycles. The van der Waals surface area contributed by atoms with Crippen LogP contribution in [0.1, 0.15) is 59.0 Å². The number of benzene rings is 2. The first kappa shape index (κ1) is 30.0. The quantitative estimate of drug-likeness (QED) is 0.234. The number of aromatic nitrogens is 8. The fourth-order valence-electron chi connectivity index (χ4n) is 5.36. The monoisotopic (exact) mass is 622 g/mol. The first-order valence-electron chi connectivity index (χ1n) is 14.5. The average Bonchev–Trinajstić information content (AvgIpc) is 3.87. The van der Waals surface area contributed by atoms with E-state index in [4.69, 9.17) is 26.4 Å². The SMILES string of the molecule is Cc1nc(-c2ccc3c(c2)CCC3N)no1.Cc1nc(-c2ccc3c(c2)CCC3Nc2cnccn2)no1.Clc1cnccn1. The summed E-state index contributed by atoms with van der Waals surface area (Å²) in [6.45, 7) is 3.59. The summed E-state index contributed by atoms with van der Waals surface area (Å²) in [6, 6.07) is 13.0. The Morgan fingerprint density at radius 3 is 1.89 bits per heavy atom. The van der Waals surface area contributed by atoms with Gasteiger partial charge in [0.15, 0.2) is 0 Å². The maximum Gasteiger partial charge on any atom is 0.223 e. The summed E-state index contributed by atoms with van der Waals surface area (Å²) in [6.07, 6.45) is 13.9. The maximum absolute atomic E-state index is 5.99. The summed E-state index contributed by atoms with van der Waals surface area (Å²) in [7, 11) is 0. The van der Waals surface area contributed by atoms with E-state index in [1.54, 1.807) is 44.8 Å². The van der Waals surface area contributed by atoms with Crippen molar-refractivity contribution in [1.29, 1.82) is 0 Å². The molecule has 2 unspecified atom stereocenters. The Morgan fingerprint density at radius 1 is 0.756 bits per heavy atom. The molecule has 0 amide bonds. The Bertz CT molecular complexity index is 1860. The van der Waals surface area contributed by atoms with Crippen LogP contribution >= 0.6 is 11.6 Å². The van der Waals surface area contributed by atoms with Crippen molar-refractivity contribution in [2.24, 2.45) is 5.73 Å². The number of aryl methyl sites for hydroxylation is 4. The molecule has 2 atom stereocenters. The van der Waals surface area contributed by atoms with Crippen LogP contribution < -0.4 is 11.1 Å². The topological polar surface area (TPSA) is 167 Å². The van der Waals surface area contributed by atoms with Gasteiger partial charge < -0.3 is 20.1 Å². The van der Waals surface area contributed by atoms with E-state index < -0.39 is 0 Å². The summed E-state index contributed by atoms with van der Waals surface area (Å²) in [5.74, 6) is 3.27. The van der Waals surface area contributed by atoms with Crippen molar-refractivity contribution in [1.82, 2.24) is 40.2 Å². The third kappa shape index (κ3) is 7.36. The lowest BCUT2D eigenvalue weighted by Crippen LogP contribution is -2.08. The molecule has 228 valence electrons. The average molecular weight is 623 g/mol. The first-order chi connectivity index (χ1) is 21.9. The Morgan fingerprint density at radius 2 is 1.36 bits per heavy atom. The van der Waals surface area contributed by atoms with Crippen molar-refractivity contribution in [2.45, 2.75) is 51.6 Å². The van der Waals surface area contributed by atoms with E-state index >= 15 is 0 Å². The molecule has 0 radical (unpaired) electrons. The van der Waals surface area contributed by atoms with Crippen molar-refractivity contribution >= 4 is 17.4 Å². The zero-order chi connectivity index (χ0) is 31.2. The highest BCUT2D eigenvalue weighted by Crippen LogP contribution is 2.35. The smallest absolute Gasteiger partial charge is 0.223 e. The number of fused-ring (bicyclic) bond motifs is 2. The van der Waals surface area contributed by atoms with Gasteiger partial charge in [-0.1, -0.05) is 46.2 Å². The van der Waals surface area contributed by atoms with Gasteiger partial charge in [-0.3, -0.25) is 9.97 Å². The molecule has 2 aliphatic carbocycles. The number of nitrogens with one attached hydrogen (secondary N) is 1.